The minimum Gasteiger partial charge on any atom is -0.497 e. The van der Waals surface area contributed by atoms with E-state index in [9.17, 15) is 4.79 Å². The Labute approximate surface area is 118 Å². The maximum absolute atomic E-state index is 11.3. The Kier molecular flexibility index (Phi) is 3.54. The lowest BCUT2D eigenvalue weighted by molar-refractivity contribution is 0.112. The van der Waals surface area contributed by atoms with E-state index < -0.39 is 0 Å². The fourth-order valence-corrected chi connectivity index (χ4v) is 2.73. The monoisotopic (exact) mass is 270 g/mol. The first-order valence-electron chi connectivity index (χ1n) is 7.01. The first-order valence-corrected chi connectivity index (χ1v) is 7.01. The summed E-state index contributed by atoms with van der Waals surface area (Å²) in [5.74, 6) is 1.59. The Hall–Kier alpha value is -2.10. The molecular formula is C16H18N2O2. The standard InChI is InChI=1S/C16H18N2O2/c1-20-14-6-5-12-9-13(11-19)16(17-15(12)10-14)18-7-3-2-4-8-18/h5-6,9-11H,2-4,7-8H2,1H3. The largest absolute Gasteiger partial charge is 0.497 e. The Morgan fingerprint density at radius 1 is 1.20 bits per heavy atom. The molecule has 0 saturated carbocycles. The molecule has 20 heavy (non-hydrogen) atoms. The molecule has 1 saturated heterocycles. The van der Waals surface area contributed by atoms with Gasteiger partial charge in [0.1, 0.15) is 11.6 Å². The number of aromatic nitrogens is 1. The van der Waals surface area contributed by atoms with E-state index in [1.807, 2.05) is 24.3 Å². The van der Waals surface area contributed by atoms with Crippen molar-refractivity contribution in [2.75, 3.05) is 25.1 Å². The van der Waals surface area contributed by atoms with Crippen molar-refractivity contribution in [3.05, 3.63) is 29.8 Å². The predicted octanol–water partition coefficient (Wildman–Crippen LogP) is 3.05. The third kappa shape index (κ3) is 2.33. The Balaban J connectivity index is 2.10. The molecule has 0 N–H and O–H groups in total. The van der Waals surface area contributed by atoms with Crippen molar-refractivity contribution >= 4 is 23.0 Å². The molecule has 3 rings (SSSR count). The molecule has 0 amide bonds. The number of benzene rings is 1. The van der Waals surface area contributed by atoms with Gasteiger partial charge in [0, 0.05) is 24.5 Å². The summed E-state index contributed by atoms with van der Waals surface area (Å²) in [4.78, 5) is 18.3. The van der Waals surface area contributed by atoms with Crippen LogP contribution in [0.15, 0.2) is 24.3 Å². The summed E-state index contributed by atoms with van der Waals surface area (Å²) >= 11 is 0. The molecule has 0 radical (unpaired) electrons. The van der Waals surface area contributed by atoms with Gasteiger partial charge in [-0.15, -0.1) is 0 Å². The molecule has 1 aromatic carbocycles. The van der Waals surface area contributed by atoms with Gasteiger partial charge in [0.2, 0.25) is 0 Å². The van der Waals surface area contributed by atoms with Crippen LogP contribution in [-0.4, -0.2) is 31.5 Å². The second-order valence-electron chi connectivity index (χ2n) is 5.13. The Bertz CT molecular complexity index is 634. The van der Waals surface area contributed by atoms with E-state index in [4.69, 9.17) is 9.72 Å². The lowest BCUT2D eigenvalue weighted by Gasteiger charge is -2.28. The van der Waals surface area contributed by atoms with E-state index in [0.29, 0.717) is 5.56 Å². The lowest BCUT2D eigenvalue weighted by Crippen LogP contribution is -2.31. The van der Waals surface area contributed by atoms with Gasteiger partial charge in [-0.1, -0.05) is 0 Å². The van der Waals surface area contributed by atoms with Crippen molar-refractivity contribution in [3.8, 4) is 5.75 Å². The molecule has 104 valence electrons. The zero-order valence-corrected chi connectivity index (χ0v) is 11.6. The number of piperidine rings is 1. The van der Waals surface area contributed by atoms with Gasteiger partial charge in [0.15, 0.2) is 6.29 Å². The fraction of sp³-hybridized carbons (Fsp3) is 0.375. The predicted molar refractivity (Wildman–Crippen MR) is 79.7 cm³/mol. The van der Waals surface area contributed by atoms with Gasteiger partial charge in [0.25, 0.3) is 0 Å². The third-order valence-corrected chi connectivity index (χ3v) is 3.82. The van der Waals surface area contributed by atoms with Crippen molar-refractivity contribution in [1.29, 1.82) is 0 Å². The van der Waals surface area contributed by atoms with Crippen LogP contribution in [0.25, 0.3) is 10.9 Å². The Morgan fingerprint density at radius 2 is 2.00 bits per heavy atom. The van der Waals surface area contributed by atoms with Crippen LogP contribution >= 0.6 is 0 Å². The SMILES string of the molecule is COc1ccc2cc(C=O)c(N3CCCCC3)nc2c1. The molecule has 4 nitrogen and oxygen atoms in total. The van der Waals surface area contributed by atoms with E-state index in [2.05, 4.69) is 4.90 Å². The molecule has 0 atom stereocenters. The molecule has 0 bridgehead atoms. The van der Waals surface area contributed by atoms with Crippen molar-refractivity contribution in [2.24, 2.45) is 0 Å². The third-order valence-electron chi connectivity index (χ3n) is 3.82. The maximum Gasteiger partial charge on any atom is 0.153 e. The van der Waals surface area contributed by atoms with Gasteiger partial charge < -0.3 is 9.64 Å². The van der Waals surface area contributed by atoms with Crippen LogP contribution in [0, 0.1) is 0 Å². The highest BCUT2D eigenvalue weighted by molar-refractivity contribution is 5.92. The second-order valence-corrected chi connectivity index (χ2v) is 5.13. The molecule has 4 heteroatoms. The van der Waals surface area contributed by atoms with Gasteiger partial charge in [-0.3, -0.25) is 4.79 Å². The van der Waals surface area contributed by atoms with Crippen LogP contribution in [0.3, 0.4) is 0 Å². The minimum absolute atomic E-state index is 0.671. The summed E-state index contributed by atoms with van der Waals surface area (Å²) in [6, 6.07) is 7.66. The van der Waals surface area contributed by atoms with E-state index >= 15 is 0 Å². The van der Waals surface area contributed by atoms with Gasteiger partial charge >= 0.3 is 0 Å². The smallest absolute Gasteiger partial charge is 0.153 e. The van der Waals surface area contributed by atoms with E-state index in [0.717, 1.165) is 54.7 Å². The van der Waals surface area contributed by atoms with Crippen molar-refractivity contribution in [1.82, 2.24) is 4.98 Å². The molecule has 2 heterocycles. The van der Waals surface area contributed by atoms with Gasteiger partial charge in [-0.05, 0) is 37.5 Å². The number of hydrogen-bond donors (Lipinski definition) is 0. The molecule has 0 spiro atoms. The number of aldehydes is 1. The fourth-order valence-electron chi connectivity index (χ4n) is 2.73. The first-order chi connectivity index (χ1) is 9.81. The van der Waals surface area contributed by atoms with E-state index in [1.165, 1.54) is 6.42 Å². The molecular weight excluding hydrogens is 252 g/mol. The van der Waals surface area contributed by atoms with Crippen molar-refractivity contribution in [3.63, 3.8) is 0 Å². The van der Waals surface area contributed by atoms with Crippen LogP contribution in [-0.2, 0) is 0 Å². The number of ether oxygens (including phenoxy) is 1. The summed E-state index contributed by atoms with van der Waals surface area (Å²) < 4.78 is 5.24. The summed E-state index contributed by atoms with van der Waals surface area (Å²) in [6.07, 6.45) is 4.49. The zero-order valence-electron chi connectivity index (χ0n) is 11.6. The number of hydrogen-bond acceptors (Lipinski definition) is 4. The van der Waals surface area contributed by atoms with Crippen LogP contribution < -0.4 is 9.64 Å². The first kappa shape index (κ1) is 12.9. The number of nitrogens with zero attached hydrogens (tertiary/aromatic N) is 2. The molecule has 1 aliphatic rings. The molecule has 0 unspecified atom stereocenters. The summed E-state index contributed by atoms with van der Waals surface area (Å²) in [5.41, 5.74) is 1.54. The number of pyridine rings is 1. The molecule has 1 aliphatic heterocycles. The summed E-state index contributed by atoms with van der Waals surface area (Å²) in [5, 5.41) is 0.966. The normalized spacial score (nSPS) is 15.3. The number of carbonyl (C=O) groups is 1. The molecule has 0 aliphatic carbocycles. The Morgan fingerprint density at radius 3 is 2.70 bits per heavy atom. The molecule has 1 aromatic heterocycles. The number of anilines is 1. The topological polar surface area (TPSA) is 42.4 Å². The molecule has 2 aromatic rings. The van der Waals surface area contributed by atoms with E-state index in [-0.39, 0.29) is 0 Å². The maximum atomic E-state index is 11.3. The van der Waals surface area contributed by atoms with Crippen molar-refractivity contribution in [2.45, 2.75) is 19.3 Å². The average Bonchev–Trinajstić information content (AvgIpc) is 2.53. The highest BCUT2D eigenvalue weighted by Gasteiger charge is 2.16. The van der Waals surface area contributed by atoms with Crippen LogP contribution in [0.5, 0.6) is 5.75 Å². The lowest BCUT2D eigenvalue weighted by atomic mass is 10.1. The van der Waals surface area contributed by atoms with Crippen LogP contribution in [0.4, 0.5) is 5.82 Å². The summed E-state index contributed by atoms with van der Waals surface area (Å²) in [6.45, 7) is 1.95. The molecule has 1 fully saturated rings. The summed E-state index contributed by atoms with van der Waals surface area (Å²) in [7, 11) is 1.65. The highest BCUT2D eigenvalue weighted by atomic mass is 16.5. The zero-order chi connectivity index (χ0) is 13.9. The van der Waals surface area contributed by atoms with Gasteiger partial charge in [-0.2, -0.15) is 0 Å². The minimum atomic E-state index is 0.671. The number of methoxy groups -OCH3 is 1. The van der Waals surface area contributed by atoms with E-state index in [1.54, 1.807) is 7.11 Å². The van der Waals surface area contributed by atoms with Gasteiger partial charge in [-0.25, -0.2) is 4.98 Å². The van der Waals surface area contributed by atoms with Crippen molar-refractivity contribution < 1.29 is 9.53 Å². The quantitative estimate of drug-likeness (QED) is 0.804. The van der Waals surface area contributed by atoms with Gasteiger partial charge in [0.05, 0.1) is 18.2 Å². The van der Waals surface area contributed by atoms with Crippen LogP contribution in [0.1, 0.15) is 29.6 Å². The number of rotatable bonds is 3. The highest BCUT2D eigenvalue weighted by Crippen LogP contribution is 2.27. The number of carbonyl (C=O) groups excluding carboxylic acids is 1. The van der Waals surface area contributed by atoms with Crippen LogP contribution in [0.2, 0.25) is 0 Å². The second kappa shape index (κ2) is 5.49. The number of fused-ring (bicyclic) bond motifs is 1. The average molecular weight is 270 g/mol.